The topological polar surface area (TPSA) is 33.5 Å². The Bertz CT molecular complexity index is 547. The summed E-state index contributed by atoms with van der Waals surface area (Å²) < 4.78 is 5.41. The summed E-state index contributed by atoms with van der Waals surface area (Å²) in [5, 5.41) is 0.283. The van der Waals surface area contributed by atoms with Gasteiger partial charge in [-0.25, -0.2) is 0 Å². The first-order chi connectivity index (χ1) is 9.98. The zero-order valence-electron chi connectivity index (χ0n) is 13.0. The lowest BCUT2D eigenvalue weighted by molar-refractivity contribution is -0.129. The number of thioether (sulfide) groups is 1. The van der Waals surface area contributed by atoms with Crippen LogP contribution in [0.25, 0.3) is 0 Å². The van der Waals surface area contributed by atoms with Crippen LogP contribution in [0.5, 0.6) is 0 Å². The van der Waals surface area contributed by atoms with Crippen LogP contribution < -0.4 is 0 Å². The van der Waals surface area contributed by atoms with Gasteiger partial charge in [-0.05, 0) is 43.2 Å². The summed E-state index contributed by atoms with van der Waals surface area (Å²) in [5.41, 5.74) is 1.74. The molecule has 1 aliphatic carbocycles. The first-order valence-electron chi connectivity index (χ1n) is 7.59. The minimum atomic E-state index is 0.238. The third-order valence-electron chi connectivity index (χ3n) is 5.21. The van der Waals surface area contributed by atoms with Crippen molar-refractivity contribution in [2.24, 2.45) is 11.3 Å². The van der Waals surface area contributed by atoms with Crippen LogP contribution in [0, 0.1) is 11.3 Å². The van der Waals surface area contributed by atoms with Crippen molar-refractivity contribution < 1.29 is 9.21 Å². The maximum atomic E-state index is 12.2. The number of allylic oxidation sites excluding steroid dienone is 2. The Morgan fingerprint density at radius 1 is 1.48 bits per heavy atom. The summed E-state index contributed by atoms with van der Waals surface area (Å²) in [6.45, 7) is 7.49. The highest BCUT2D eigenvalue weighted by Crippen LogP contribution is 2.47. The van der Waals surface area contributed by atoms with Gasteiger partial charge >= 0.3 is 0 Å². The molecule has 0 radical (unpaired) electrons. The van der Waals surface area contributed by atoms with Crippen LogP contribution in [0.15, 0.2) is 34.5 Å². The van der Waals surface area contributed by atoms with Crippen molar-refractivity contribution in [2.75, 3.05) is 5.75 Å². The van der Waals surface area contributed by atoms with Crippen molar-refractivity contribution in [3.8, 4) is 0 Å². The molecule has 3 rings (SSSR count). The highest BCUT2D eigenvalue weighted by atomic mass is 32.2. The second-order valence-electron chi connectivity index (χ2n) is 6.64. The number of carbonyl (C=O) groups excluding carboxylic acids is 1. The lowest BCUT2D eigenvalue weighted by Crippen LogP contribution is -2.35. The lowest BCUT2D eigenvalue weighted by atomic mass is 9.76. The fraction of sp³-hybridized carbons (Fsp3) is 0.588. The standard InChI is InChI=1S/C17H23NO2S/c1-12-6-7-13(17(12,2)3)9-16-18(15(19)11-21-16)10-14-5-4-8-20-14/h4-6,8,13,16H,7,9-11H2,1-3H3/t13-,16?/m0/s1. The molecule has 1 fully saturated rings. The van der Waals surface area contributed by atoms with Gasteiger partial charge in [0.25, 0.3) is 0 Å². The van der Waals surface area contributed by atoms with Crippen molar-refractivity contribution in [2.45, 2.75) is 45.5 Å². The molecule has 0 spiro atoms. The van der Waals surface area contributed by atoms with Crippen LogP contribution in [0.3, 0.4) is 0 Å². The normalized spacial score (nSPS) is 28.2. The van der Waals surface area contributed by atoms with Crippen molar-refractivity contribution in [3.63, 3.8) is 0 Å². The van der Waals surface area contributed by atoms with E-state index in [-0.39, 0.29) is 16.7 Å². The van der Waals surface area contributed by atoms with Gasteiger partial charge in [-0.15, -0.1) is 11.8 Å². The quantitative estimate of drug-likeness (QED) is 0.786. The highest BCUT2D eigenvalue weighted by Gasteiger charge is 2.40. The molecule has 2 heterocycles. The predicted octanol–water partition coefficient (Wildman–Crippen LogP) is 4.06. The molecule has 2 aliphatic rings. The van der Waals surface area contributed by atoms with Crippen LogP contribution >= 0.6 is 11.8 Å². The summed E-state index contributed by atoms with van der Waals surface area (Å²) in [7, 11) is 0. The molecule has 0 aromatic carbocycles. The Morgan fingerprint density at radius 3 is 2.90 bits per heavy atom. The first-order valence-corrected chi connectivity index (χ1v) is 8.64. The molecule has 114 valence electrons. The number of rotatable bonds is 4. The fourth-order valence-electron chi connectivity index (χ4n) is 3.29. The van der Waals surface area contributed by atoms with Crippen LogP contribution in [-0.2, 0) is 11.3 Å². The number of amides is 1. The van der Waals surface area contributed by atoms with Gasteiger partial charge in [0.05, 0.1) is 23.9 Å². The van der Waals surface area contributed by atoms with Gasteiger partial charge in [0.1, 0.15) is 5.76 Å². The average molecular weight is 305 g/mol. The van der Waals surface area contributed by atoms with Crippen molar-refractivity contribution in [1.29, 1.82) is 0 Å². The second-order valence-corrected chi connectivity index (χ2v) is 7.81. The summed E-state index contributed by atoms with van der Waals surface area (Å²) in [6, 6.07) is 3.82. The predicted molar refractivity (Wildman–Crippen MR) is 85.8 cm³/mol. The van der Waals surface area contributed by atoms with Gasteiger partial charge in [-0.2, -0.15) is 0 Å². The maximum Gasteiger partial charge on any atom is 0.233 e. The molecule has 1 aromatic rings. The summed E-state index contributed by atoms with van der Waals surface area (Å²) in [5.74, 6) is 2.34. The molecule has 1 amide bonds. The largest absolute Gasteiger partial charge is 0.467 e. The van der Waals surface area contributed by atoms with Gasteiger partial charge in [-0.1, -0.05) is 25.5 Å². The summed E-state index contributed by atoms with van der Waals surface area (Å²) >= 11 is 1.78. The van der Waals surface area contributed by atoms with Crippen LogP contribution in [0.4, 0.5) is 0 Å². The van der Waals surface area contributed by atoms with E-state index < -0.39 is 0 Å². The first kappa shape index (κ1) is 14.8. The van der Waals surface area contributed by atoms with E-state index in [0.717, 1.165) is 18.6 Å². The van der Waals surface area contributed by atoms with Crippen molar-refractivity contribution >= 4 is 17.7 Å². The molecule has 0 bridgehead atoms. The second kappa shape index (κ2) is 5.56. The molecule has 0 saturated carbocycles. The Labute approximate surface area is 130 Å². The minimum absolute atomic E-state index is 0.238. The number of hydrogen-bond acceptors (Lipinski definition) is 3. The van der Waals surface area contributed by atoms with Crippen LogP contribution in [-0.4, -0.2) is 21.9 Å². The van der Waals surface area contributed by atoms with E-state index in [0.29, 0.717) is 18.2 Å². The average Bonchev–Trinajstić information content (AvgIpc) is 3.12. The third kappa shape index (κ3) is 2.78. The Balaban J connectivity index is 1.68. The molecular weight excluding hydrogens is 282 g/mol. The van der Waals surface area contributed by atoms with E-state index in [2.05, 4.69) is 26.8 Å². The maximum absolute atomic E-state index is 12.2. The number of furan rings is 1. The fourth-order valence-corrected chi connectivity index (χ4v) is 4.53. The molecular formula is C17H23NO2S. The van der Waals surface area contributed by atoms with Gasteiger partial charge < -0.3 is 9.32 Å². The molecule has 4 heteroatoms. The van der Waals surface area contributed by atoms with Gasteiger partial charge in [0.15, 0.2) is 0 Å². The van der Waals surface area contributed by atoms with Crippen LogP contribution in [0.1, 0.15) is 39.4 Å². The van der Waals surface area contributed by atoms with E-state index in [9.17, 15) is 4.79 Å². The monoisotopic (exact) mass is 305 g/mol. The van der Waals surface area contributed by atoms with E-state index in [1.165, 1.54) is 5.57 Å². The minimum Gasteiger partial charge on any atom is -0.467 e. The SMILES string of the molecule is CC1=CC[C@@H](CC2SCC(=O)N2Cc2ccco2)C1(C)C. The van der Waals surface area contributed by atoms with E-state index in [1.54, 1.807) is 18.0 Å². The molecule has 1 aliphatic heterocycles. The number of nitrogens with zero attached hydrogens (tertiary/aromatic N) is 1. The molecule has 2 atom stereocenters. The number of carbonyl (C=O) groups is 1. The van der Waals surface area contributed by atoms with Crippen LogP contribution in [0.2, 0.25) is 0 Å². The molecule has 21 heavy (non-hydrogen) atoms. The molecule has 0 N–H and O–H groups in total. The zero-order valence-corrected chi connectivity index (χ0v) is 13.8. The smallest absolute Gasteiger partial charge is 0.233 e. The van der Waals surface area contributed by atoms with E-state index >= 15 is 0 Å². The Hall–Kier alpha value is -1.16. The van der Waals surface area contributed by atoms with E-state index in [1.807, 2.05) is 17.0 Å². The summed E-state index contributed by atoms with van der Waals surface area (Å²) in [6.07, 6.45) is 6.24. The Kier molecular flexibility index (Phi) is 3.91. The third-order valence-corrected chi connectivity index (χ3v) is 6.45. The Morgan fingerprint density at radius 2 is 2.29 bits per heavy atom. The zero-order chi connectivity index (χ0) is 15.0. The van der Waals surface area contributed by atoms with Gasteiger partial charge in [0, 0.05) is 0 Å². The van der Waals surface area contributed by atoms with Crippen molar-refractivity contribution in [3.05, 3.63) is 35.8 Å². The summed E-state index contributed by atoms with van der Waals surface area (Å²) in [4.78, 5) is 14.2. The van der Waals surface area contributed by atoms with Gasteiger partial charge in [-0.3, -0.25) is 4.79 Å². The van der Waals surface area contributed by atoms with E-state index in [4.69, 9.17) is 4.42 Å². The molecule has 1 unspecified atom stereocenters. The molecule has 1 aromatic heterocycles. The number of hydrogen-bond donors (Lipinski definition) is 0. The lowest BCUT2D eigenvalue weighted by Gasteiger charge is -2.33. The van der Waals surface area contributed by atoms with Crippen molar-refractivity contribution in [1.82, 2.24) is 4.90 Å². The molecule has 3 nitrogen and oxygen atoms in total. The molecule has 1 saturated heterocycles. The highest BCUT2D eigenvalue weighted by molar-refractivity contribution is 8.00. The van der Waals surface area contributed by atoms with Gasteiger partial charge in [0.2, 0.25) is 5.91 Å².